The summed E-state index contributed by atoms with van der Waals surface area (Å²) in [6.45, 7) is 5.38. The third-order valence-electron chi connectivity index (χ3n) is 6.11. The third kappa shape index (κ3) is 6.10. The normalized spacial score (nSPS) is 17.9. The molecule has 0 radical (unpaired) electrons. The Labute approximate surface area is 218 Å². The largest absolute Gasteiger partial charge is 0.395 e. The van der Waals surface area contributed by atoms with Crippen LogP contribution in [0.25, 0.3) is 5.65 Å². The Morgan fingerprint density at radius 3 is 2.84 bits per heavy atom. The van der Waals surface area contributed by atoms with Gasteiger partial charge in [0, 0.05) is 47.7 Å². The summed E-state index contributed by atoms with van der Waals surface area (Å²) < 4.78 is 7.54. The maximum absolute atomic E-state index is 12.6. The summed E-state index contributed by atoms with van der Waals surface area (Å²) >= 11 is 1.43. The van der Waals surface area contributed by atoms with E-state index in [4.69, 9.17) is 4.74 Å². The highest BCUT2D eigenvalue weighted by Gasteiger charge is 2.33. The fourth-order valence-corrected chi connectivity index (χ4v) is 5.17. The van der Waals surface area contributed by atoms with Gasteiger partial charge in [-0.15, -0.1) is 0 Å². The highest BCUT2D eigenvalue weighted by Crippen LogP contribution is 2.28. The molecule has 1 aromatic carbocycles. The summed E-state index contributed by atoms with van der Waals surface area (Å²) in [7, 11) is 0. The van der Waals surface area contributed by atoms with E-state index < -0.39 is 0 Å². The predicted octanol–water partition coefficient (Wildman–Crippen LogP) is 3.07. The number of aromatic amines is 1. The number of aliphatic hydroxyl groups is 1. The molecule has 1 fully saturated rings. The second-order valence-corrected chi connectivity index (χ2v) is 9.92. The van der Waals surface area contributed by atoms with Crippen molar-refractivity contribution in [3.8, 4) is 0 Å². The number of aromatic nitrogens is 5. The molecule has 5 rings (SSSR count). The predicted molar refractivity (Wildman–Crippen MR) is 141 cm³/mol. The van der Waals surface area contributed by atoms with E-state index >= 15 is 0 Å². The van der Waals surface area contributed by atoms with Gasteiger partial charge in [0.1, 0.15) is 5.65 Å². The Kier molecular flexibility index (Phi) is 7.70. The van der Waals surface area contributed by atoms with Crippen molar-refractivity contribution in [3.05, 3.63) is 54.4 Å². The summed E-state index contributed by atoms with van der Waals surface area (Å²) in [6, 6.07) is 13.2. The van der Waals surface area contributed by atoms with E-state index in [0.717, 1.165) is 22.7 Å². The minimum absolute atomic E-state index is 0.0123. The van der Waals surface area contributed by atoms with Crippen molar-refractivity contribution in [2.75, 3.05) is 36.9 Å². The van der Waals surface area contributed by atoms with Crippen LogP contribution in [0.15, 0.2) is 58.7 Å². The molecule has 0 bridgehead atoms. The average Bonchev–Trinajstić information content (AvgIpc) is 3.61. The second-order valence-electron chi connectivity index (χ2n) is 8.88. The van der Waals surface area contributed by atoms with Gasteiger partial charge in [0.05, 0.1) is 19.3 Å². The van der Waals surface area contributed by atoms with Gasteiger partial charge in [0.15, 0.2) is 11.0 Å². The van der Waals surface area contributed by atoms with Crippen LogP contribution in [0.1, 0.15) is 19.0 Å². The number of carbonyl (C=O) groups excluding carboxylic acids is 1. The van der Waals surface area contributed by atoms with E-state index in [2.05, 4.69) is 30.8 Å². The van der Waals surface area contributed by atoms with Crippen molar-refractivity contribution in [1.29, 1.82) is 0 Å². The number of H-pyrrole nitrogens is 1. The lowest BCUT2D eigenvalue weighted by Gasteiger charge is -2.21. The zero-order chi connectivity index (χ0) is 25.8. The number of fused-ring (bicyclic) bond motifs is 1. The number of carbonyl (C=O) groups is 1. The lowest BCUT2D eigenvalue weighted by atomic mass is 10.2. The minimum atomic E-state index is -0.123. The first kappa shape index (κ1) is 25.2. The monoisotopic (exact) mass is 522 g/mol. The first-order valence-electron chi connectivity index (χ1n) is 12.2. The fourth-order valence-electron chi connectivity index (χ4n) is 4.41. The third-order valence-corrected chi connectivity index (χ3v) is 6.98. The Bertz CT molecular complexity index is 1360. The summed E-state index contributed by atoms with van der Waals surface area (Å²) in [6.07, 6.45) is 2.68. The molecule has 11 nitrogen and oxygen atoms in total. The molecule has 4 heterocycles. The van der Waals surface area contributed by atoms with Crippen molar-refractivity contribution in [3.63, 3.8) is 0 Å². The highest BCUT2D eigenvalue weighted by atomic mass is 32.2. The van der Waals surface area contributed by atoms with E-state index in [9.17, 15) is 9.90 Å². The van der Waals surface area contributed by atoms with Crippen LogP contribution in [-0.2, 0) is 9.53 Å². The van der Waals surface area contributed by atoms with Gasteiger partial charge in [-0.05, 0) is 68.4 Å². The number of nitrogens with zero attached hydrogens (tertiary/aromatic N) is 5. The van der Waals surface area contributed by atoms with Crippen LogP contribution in [0.4, 0.5) is 17.5 Å². The Morgan fingerprint density at radius 2 is 2.11 bits per heavy atom. The van der Waals surface area contributed by atoms with E-state index in [-0.39, 0.29) is 31.2 Å². The highest BCUT2D eigenvalue weighted by molar-refractivity contribution is 7.99. The van der Waals surface area contributed by atoms with Crippen molar-refractivity contribution < 1.29 is 14.6 Å². The quantitative estimate of drug-likeness (QED) is 0.248. The van der Waals surface area contributed by atoms with Gasteiger partial charge >= 0.3 is 0 Å². The van der Waals surface area contributed by atoms with Crippen LogP contribution in [0.2, 0.25) is 0 Å². The average molecular weight is 523 g/mol. The number of nitrogens with one attached hydrogen (secondary N) is 3. The number of hydrogen-bond acceptors (Lipinski definition) is 9. The molecule has 0 aliphatic carbocycles. The summed E-state index contributed by atoms with van der Waals surface area (Å²) in [4.78, 5) is 24.9. The molecule has 1 aliphatic heterocycles. The van der Waals surface area contributed by atoms with Gasteiger partial charge in [-0.25, -0.2) is 4.98 Å². The molecular formula is C25H30N8O3S. The van der Waals surface area contributed by atoms with Gasteiger partial charge in [-0.2, -0.15) is 10.1 Å². The Morgan fingerprint density at radius 1 is 1.27 bits per heavy atom. The number of aryl methyl sites for hydroxylation is 1. The fraction of sp³-hybridized carbons (Fsp3) is 0.360. The number of likely N-dealkylation sites (tertiary alicyclic amines) is 1. The van der Waals surface area contributed by atoms with Gasteiger partial charge in [0.25, 0.3) is 0 Å². The molecule has 37 heavy (non-hydrogen) atoms. The zero-order valence-electron chi connectivity index (χ0n) is 20.7. The Balaban J connectivity index is 1.22. The van der Waals surface area contributed by atoms with Crippen molar-refractivity contribution in [2.45, 2.75) is 42.5 Å². The van der Waals surface area contributed by atoms with Crippen molar-refractivity contribution >= 4 is 40.8 Å². The molecule has 4 N–H and O–H groups in total. The summed E-state index contributed by atoms with van der Waals surface area (Å²) in [5, 5.41) is 23.6. The number of hydrogen-bond donors (Lipinski definition) is 4. The molecule has 1 amide bonds. The number of aliphatic hydroxyl groups excluding tert-OH is 1. The van der Waals surface area contributed by atoms with Crippen LogP contribution in [0.5, 0.6) is 0 Å². The number of amides is 1. The first-order chi connectivity index (χ1) is 18.0. The summed E-state index contributed by atoms with van der Waals surface area (Å²) in [5.74, 6) is 1.17. The second kappa shape index (κ2) is 11.3. The summed E-state index contributed by atoms with van der Waals surface area (Å²) in [5.41, 5.74) is 2.42. The minimum Gasteiger partial charge on any atom is -0.395 e. The molecule has 0 spiro atoms. The van der Waals surface area contributed by atoms with Gasteiger partial charge in [-0.3, -0.25) is 19.2 Å². The molecule has 1 aliphatic rings. The molecule has 0 unspecified atom stereocenters. The lowest BCUT2D eigenvalue weighted by Crippen LogP contribution is -2.38. The van der Waals surface area contributed by atoms with E-state index in [0.29, 0.717) is 35.8 Å². The standard InChI is InChI=1S/C25H30N8O3S/c1-3-36-19-12-18(15-34)32(13-19)14-23(35)26-17-6-8-20(9-7-17)37-25-28-22-5-4-10-33(22)24(29-25)27-21-11-16(2)30-31-21/h4-11,18-19,34H,3,12-15H2,1-2H3,(H,26,35)(H2,27,28,29,30,31)/t18-,19-/m0/s1. The van der Waals surface area contributed by atoms with Gasteiger partial charge in [-0.1, -0.05) is 0 Å². The molecular weight excluding hydrogens is 492 g/mol. The van der Waals surface area contributed by atoms with Crippen LogP contribution >= 0.6 is 11.8 Å². The molecule has 12 heteroatoms. The molecule has 3 aromatic heterocycles. The molecule has 4 aromatic rings. The first-order valence-corrected chi connectivity index (χ1v) is 13.0. The maximum Gasteiger partial charge on any atom is 0.238 e. The number of ether oxygens (including phenoxy) is 1. The zero-order valence-corrected chi connectivity index (χ0v) is 21.5. The van der Waals surface area contributed by atoms with Gasteiger partial charge < -0.3 is 20.5 Å². The topological polar surface area (TPSA) is 133 Å². The van der Waals surface area contributed by atoms with Crippen LogP contribution < -0.4 is 10.6 Å². The number of rotatable bonds is 10. The van der Waals surface area contributed by atoms with Crippen LogP contribution in [0, 0.1) is 6.92 Å². The van der Waals surface area contributed by atoms with Crippen molar-refractivity contribution in [1.82, 2.24) is 29.5 Å². The molecule has 0 saturated carbocycles. The van der Waals surface area contributed by atoms with Crippen LogP contribution in [0.3, 0.4) is 0 Å². The van der Waals surface area contributed by atoms with E-state index in [1.165, 1.54) is 11.8 Å². The number of anilines is 3. The van der Waals surface area contributed by atoms with Crippen LogP contribution in [-0.4, -0.2) is 78.9 Å². The lowest BCUT2D eigenvalue weighted by molar-refractivity contribution is -0.117. The SMILES string of the molecule is CCO[C@H]1C[C@@H](CO)N(CC(=O)Nc2ccc(Sc3nc(Nc4cc(C)[nH]n4)n4cccc4n3)cc2)C1. The van der Waals surface area contributed by atoms with Gasteiger partial charge in [0.2, 0.25) is 11.9 Å². The molecule has 194 valence electrons. The smallest absolute Gasteiger partial charge is 0.238 e. The van der Waals surface area contributed by atoms with E-state index in [1.54, 1.807) is 0 Å². The van der Waals surface area contributed by atoms with Crippen molar-refractivity contribution in [2.24, 2.45) is 0 Å². The molecule has 2 atom stereocenters. The van der Waals surface area contributed by atoms with E-state index in [1.807, 2.05) is 71.8 Å². The Hall–Kier alpha value is -3.45. The molecule has 1 saturated heterocycles. The maximum atomic E-state index is 12.6. The number of benzene rings is 1.